The molecule has 5 rings (SSSR count). The monoisotopic (exact) mass is 580 g/mol. The predicted molar refractivity (Wildman–Crippen MR) is 144 cm³/mol. The summed E-state index contributed by atoms with van der Waals surface area (Å²) in [5.41, 5.74) is 2.07. The fraction of sp³-hybridized carbons (Fsp3) is 0.423. The van der Waals surface area contributed by atoms with E-state index in [1.165, 1.54) is 12.1 Å². The number of rotatable bonds is 7. The van der Waals surface area contributed by atoms with Crippen molar-refractivity contribution in [3.63, 3.8) is 0 Å². The van der Waals surface area contributed by atoms with Crippen LogP contribution in [0.5, 0.6) is 0 Å². The van der Waals surface area contributed by atoms with Crippen LogP contribution in [-0.2, 0) is 0 Å². The lowest BCUT2D eigenvalue weighted by molar-refractivity contribution is 0.0896. The van der Waals surface area contributed by atoms with Gasteiger partial charge in [0.25, 0.3) is 5.78 Å². The first-order chi connectivity index (χ1) is 18.8. The van der Waals surface area contributed by atoms with Crippen LogP contribution in [0.3, 0.4) is 0 Å². The Kier molecular flexibility index (Phi) is 6.46. The third kappa shape index (κ3) is 5.03. The zero-order valence-corrected chi connectivity index (χ0v) is 23.0. The van der Waals surface area contributed by atoms with Crippen LogP contribution >= 0.6 is 10.2 Å². The van der Waals surface area contributed by atoms with Gasteiger partial charge in [0.1, 0.15) is 28.5 Å². The number of nitrogens with zero attached hydrogens (tertiary/aromatic N) is 8. The lowest BCUT2D eigenvalue weighted by Gasteiger charge is -2.49. The van der Waals surface area contributed by atoms with Gasteiger partial charge in [-0.25, -0.2) is 4.98 Å². The van der Waals surface area contributed by atoms with E-state index in [0.717, 1.165) is 12.8 Å². The maximum absolute atomic E-state index is 13.3. The van der Waals surface area contributed by atoms with Crippen LogP contribution < -0.4 is 4.90 Å². The van der Waals surface area contributed by atoms with Crippen LogP contribution in [0, 0.1) is 11.3 Å². The minimum Gasteiger partial charge on any atom is -0.349 e. The molecule has 4 heterocycles. The number of benzene rings is 1. The van der Waals surface area contributed by atoms with Crippen molar-refractivity contribution >= 4 is 32.9 Å². The second-order valence-electron chi connectivity index (χ2n) is 10.0. The van der Waals surface area contributed by atoms with E-state index >= 15 is 0 Å². The van der Waals surface area contributed by atoms with Gasteiger partial charge < -0.3 is 4.90 Å². The van der Waals surface area contributed by atoms with E-state index in [1.54, 1.807) is 22.9 Å². The number of anilines is 1. The SMILES string of the molecule is CCC(c1ccc(S(F)(F)(F)(F)F)cc1)N1C[C@H](CC)N(c2nc3nncn3c3ccc(C#N)nc23)C[C@H]1CC. The van der Waals surface area contributed by atoms with Gasteiger partial charge in [0, 0.05) is 31.2 Å². The van der Waals surface area contributed by atoms with Crippen molar-refractivity contribution in [2.75, 3.05) is 18.0 Å². The zero-order chi connectivity index (χ0) is 28.9. The highest BCUT2D eigenvalue weighted by Gasteiger charge is 2.65. The van der Waals surface area contributed by atoms with E-state index in [4.69, 9.17) is 4.98 Å². The summed E-state index contributed by atoms with van der Waals surface area (Å²) in [6.45, 7) is 7.12. The lowest BCUT2D eigenvalue weighted by atomic mass is 9.95. The molecule has 40 heavy (non-hydrogen) atoms. The maximum Gasteiger partial charge on any atom is 0.310 e. The van der Waals surface area contributed by atoms with Crippen molar-refractivity contribution in [1.29, 1.82) is 5.26 Å². The first-order valence-electron chi connectivity index (χ1n) is 13.0. The predicted octanol–water partition coefficient (Wildman–Crippen LogP) is 7.03. The minimum atomic E-state index is -9.75. The van der Waals surface area contributed by atoms with E-state index in [-0.39, 0.29) is 23.8 Å². The van der Waals surface area contributed by atoms with Gasteiger partial charge in [-0.15, -0.1) is 10.2 Å². The molecule has 14 heteroatoms. The number of halogens is 5. The smallest absolute Gasteiger partial charge is 0.310 e. The molecule has 1 unspecified atom stereocenters. The fourth-order valence-electron chi connectivity index (χ4n) is 5.63. The Balaban J connectivity index is 1.53. The largest absolute Gasteiger partial charge is 0.349 e. The number of hydrogen-bond acceptors (Lipinski definition) is 7. The summed E-state index contributed by atoms with van der Waals surface area (Å²) in [5.74, 6) is 0.987. The third-order valence-corrected chi connectivity index (χ3v) is 8.81. The Labute approximate surface area is 228 Å². The normalized spacial score (nSPS) is 21.2. The van der Waals surface area contributed by atoms with Gasteiger partial charge in [-0.2, -0.15) is 10.2 Å². The second kappa shape index (κ2) is 9.24. The lowest BCUT2D eigenvalue weighted by Crippen LogP contribution is -2.59. The van der Waals surface area contributed by atoms with Crippen LogP contribution in [0.4, 0.5) is 25.2 Å². The van der Waals surface area contributed by atoms with Crippen molar-refractivity contribution in [1.82, 2.24) is 29.5 Å². The molecule has 0 spiro atoms. The number of pyridine rings is 1. The molecular weight excluding hydrogens is 551 g/mol. The Morgan fingerprint density at radius 1 is 0.950 bits per heavy atom. The number of fused-ring (bicyclic) bond motifs is 3. The Bertz CT molecular complexity index is 1600. The summed E-state index contributed by atoms with van der Waals surface area (Å²) in [5, 5.41) is 17.6. The standard InChI is InChI=1S/C26H29F5N8S/c1-4-19-15-38(25-24-23(12-9-18(13-32)34-24)39-16-33-36-26(39)35-25)20(5-2)14-37(19)22(6-3)17-7-10-21(11-8-17)40(27,28,29,30)31/h7-12,16,19-20,22H,4-6,14-15H2,1-3H3/t19-,20+,22?/m1/s1. The molecule has 0 radical (unpaired) electrons. The Morgan fingerprint density at radius 3 is 2.25 bits per heavy atom. The van der Waals surface area contributed by atoms with Crippen LogP contribution in [0.2, 0.25) is 0 Å². The number of nitriles is 1. The highest BCUT2D eigenvalue weighted by atomic mass is 32.5. The molecular formula is C26H29F5N8S. The number of hydrogen-bond donors (Lipinski definition) is 0. The summed E-state index contributed by atoms with van der Waals surface area (Å²) in [4.78, 5) is 11.9. The highest BCUT2D eigenvalue weighted by Crippen LogP contribution is 3.02. The Morgan fingerprint density at radius 2 is 1.65 bits per heavy atom. The average molecular weight is 581 g/mol. The van der Waals surface area contributed by atoms with E-state index in [0.29, 0.717) is 59.8 Å². The van der Waals surface area contributed by atoms with Crippen molar-refractivity contribution in [2.45, 2.75) is 63.1 Å². The molecule has 1 aliphatic heterocycles. The molecule has 3 atom stereocenters. The highest BCUT2D eigenvalue weighted by molar-refractivity contribution is 8.45. The zero-order valence-electron chi connectivity index (χ0n) is 22.2. The van der Waals surface area contributed by atoms with E-state index in [9.17, 15) is 24.7 Å². The Hall–Kier alpha value is -3.57. The van der Waals surface area contributed by atoms with Gasteiger partial charge in [0.2, 0.25) is 0 Å². The van der Waals surface area contributed by atoms with E-state index in [1.807, 2.05) is 20.8 Å². The van der Waals surface area contributed by atoms with E-state index in [2.05, 4.69) is 31.1 Å². The first kappa shape index (κ1) is 28.0. The minimum absolute atomic E-state index is 0.0202. The first-order valence-corrected chi connectivity index (χ1v) is 15.0. The molecule has 214 valence electrons. The molecule has 0 N–H and O–H groups in total. The second-order valence-corrected chi connectivity index (χ2v) is 12.5. The van der Waals surface area contributed by atoms with Gasteiger partial charge in [-0.05, 0) is 49.1 Å². The van der Waals surface area contributed by atoms with Gasteiger partial charge in [0.05, 0.1) is 5.52 Å². The summed E-state index contributed by atoms with van der Waals surface area (Å²) in [6.07, 6.45) is 3.59. The number of piperazine rings is 1. The summed E-state index contributed by atoms with van der Waals surface area (Å²) >= 11 is 0. The molecule has 4 aromatic rings. The molecule has 1 aliphatic rings. The molecule has 1 saturated heterocycles. The molecule has 1 fully saturated rings. The van der Waals surface area contributed by atoms with E-state index < -0.39 is 15.1 Å². The average Bonchev–Trinajstić information content (AvgIpc) is 3.40. The third-order valence-electron chi connectivity index (χ3n) is 7.65. The van der Waals surface area contributed by atoms with Crippen molar-refractivity contribution < 1.29 is 19.4 Å². The van der Waals surface area contributed by atoms with Gasteiger partial charge in [-0.1, -0.05) is 52.3 Å². The summed E-state index contributed by atoms with van der Waals surface area (Å²) in [7, 11) is -9.75. The van der Waals surface area contributed by atoms with Gasteiger partial charge in [-0.3, -0.25) is 9.30 Å². The van der Waals surface area contributed by atoms with Crippen LogP contribution in [0.25, 0.3) is 16.8 Å². The summed E-state index contributed by atoms with van der Waals surface area (Å²) < 4.78 is 68.3. The summed E-state index contributed by atoms with van der Waals surface area (Å²) in [6, 6.07) is 8.50. The fourth-order valence-corrected chi connectivity index (χ4v) is 6.28. The van der Waals surface area contributed by atoms with Crippen LogP contribution in [-0.4, -0.2) is 54.6 Å². The van der Waals surface area contributed by atoms with Gasteiger partial charge >= 0.3 is 10.2 Å². The van der Waals surface area contributed by atoms with Crippen LogP contribution in [0.15, 0.2) is 47.6 Å². The molecule has 0 amide bonds. The molecule has 8 nitrogen and oxygen atoms in total. The quantitative estimate of drug-likeness (QED) is 0.217. The molecule has 0 saturated carbocycles. The van der Waals surface area contributed by atoms with Crippen molar-refractivity contribution in [2.24, 2.45) is 0 Å². The molecule has 0 aliphatic carbocycles. The number of aromatic nitrogens is 5. The van der Waals surface area contributed by atoms with Crippen LogP contribution in [0.1, 0.15) is 57.3 Å². The van der Waals surface area contributed by atoms with Crippen molar-refractivity contribution in [3.8, 4) is 6.07 Å². The molecule has 1 aromatic carbocycles. The molecule has 0 bridgehead atoms. The molecule has 3 aromatic heterocycles. The topological polar surface area (TPSA) is 86.2 Å². The van der Waals surface area contributed by atoms with Crippen molar-refractivity contribution in [3.05, 3.63) is 54.0 Å². The maximum atomic E-state index is 13.3. The van der Waals surface area contributed by atoms with Gasteiger partial charge in [0.15, 0.2) is 5.82 Å².